The molecule has 7 nitrogen and oxygen atoms in total. The molecule has 0 radical (unpaired) electrons. The number of anilines is 1. The third-order valence-electron chi connectivity index (χ3n) is 3.28. The Morgan fingerprint density at radius 2 is 1.68 bits per heavy atom. The second-order valence-corrected chi connectivity index (χ2v) is 6.87. The van der Waals surface area contributed by atoms with Crippen LogP contribution in [-0.2, 0) is 14.8 Å². The summed E-state index contributed by atoms with van der Waals surface area (Å²) < 4.78 is 42.5. The number of ether oxygens (including phenoxy) is 3. The lowest BCUT2D eigenvalue weighted by Gasteiger charge is -2.13. The molecule has 0 saturated heterocycles. The molecule has 0 amide bonds. The van der Waals surface area contributed by atoms with Crippen LogP contribution in [0.5, 0.6) is 11.5 Å². The molecular formula is C16H16ClNO6S. The maximum absolute atomic E-state index is 12.6. The van der Waals surface area contributed by atoms with E-state index in [0.717, 1.165) is 6.07 Å². The normalized spacial score (nSPS) is 10.9. The van der Waals surface area contributed by atoms with Crippen molar-refractivity contribution < 1.29 is 27.4 Å². The lowest BCUT2D eigenvalue weighted by Crippen LogP contribution is -2.14. The van der Waals surface area contributed by atoms with Crippen LogP contribution in [0, 0.1) is 0 Å². The fraction of sp³-hybridized carbons (Fsp3) is 0.188. The van der Waals surface area contributed by atoms with E-state index in [4.69, 9.17) is 21.1 Å². The van der Waals surface area contributed by atoms with Gasteiger partial charge in [-0.25, -0.2) is 13.2 Å². The number of hydrogen-bond donors (Lipinski definition) is 1. The van der Waals surface area contributed by atoms with E-state index in [1.807, 2.05) is 0 Å². The number of nitrogens with one attached hydrogen (secondary N) is 1. The Balaban J connectivity index is 2.41. The van der Waals surface area contributed by atoms with E-state index in [1.54, 1.807) is 6.07 Å². The summed E-state index contributed by atoms with van der Waals surface area (Å²) in [7, 11) is 0.0718. The quantitative estimate of drug-likeness (QED) is 0.769. The van der Waals surface area contributed by atoms with Gasteiger partial charge in [-0.1, -0.05) is 11.6 Å². The summed E-state index contributed by atoms with van der Waals surface area (Å²) in [6.07, 6.45) is 0. The summed E-state index contributed by atoms with van der Waals surface area (Å²) in [5.74, 6) is 0.146. The van der Waals surface area contributed by atoms with Gasteiger partial charge in [0.15, 0.2) is 11.5 Å². The zero-order valence-corrected chi connectivity index (χ0v) is 15.3. The summed E-state index contributed by atoms with van der Waals surface area (Å²) in [5.41, 5.74) is 0.316. The number of sulfonamides is 1. The zero-order valence-electron chi connectivity index (χ0n) is 13.7. The zero-order chi connectivity index (χ0) is 18.6. The average Bonchev–Trinajstić information content (AvgIpc) is 2.60. The molecule has 134 valence electrons. The van der Waals surface area contributed by atoms with Crippen molar-refractivity contribution in [2.75, 3.05) is 26.1 Å². The van der Waals surface area contributed by atoms with Crippen molar-refractivity contribution in [3.05, 3.63) is 47.0 Å². The Bertz CT molecular complexity index is 897. The molecule has 0 aliphatic carbocycles. The van der Waals surface area contributed by atoms with Gasteiger partial charge in [0.1, 0.15) is 4.90 Å². The maximum atomic E-state index is 12.6. The molecule has 2 aromatic rings. The first-order valence-electron chi connectivity index (χ1n) is 6.95. The van der Waals surface area contributed by atoms with Crippen LogP contribution in [-0.4, -0.2) is 35.7 Å². The molecule has 0 fully saturated rings. The van der Waals surface area contributed by atoms with Crippen LogP contribution in [0.4, 0.5) is 5.69 Å². The topological polar surface area (TPSA) is 90.9 Å². The molecular weight excluding hydrogens is 370 g/mol. The van der Waals surface area contributed by atoms with E-state index in [2.05, 4.69) is 9.46 Å². The Morgan fingerprint density at radius 3 is 2.28 bits per heavy atom. The van der Waals surface area contributed by atoms with Crippen molar-refractivity contribution in [1.82, 2.24) is 0 Å². The van der Waals surface area contributed by atoms with E-state index >= 15 is 0 Å². The second kappa shape index (κ2) is 7.62. The highest BCUT2D eigenvalue weighted by Crippen LogP contribution is 2.31. The van der Waals surface area contributed by atoms with Gasteiger partial charge in [-0.2, -0.15) is 0 Å². The van der Waals surface area contributed by atoms with Crippen molar-refractivity contribution in [3.8, 4) is 11.5 Å². The standard InChI is InChI=1S/C16H16ClNO6S/c1-22-13-7-5-11(9-14(13)23-2)18-25(20,21)15-8-10(16(19)24-3)4-6-12(15)17/h4-9,18H,1-3H3. The van der Waals surface area contributed by atoms with Crippen LogP contribution >= 0.6 is 11.6 Å². The average molecular weight is 386 g/mol. The van der Waals surface area contributed by atoms with Crippen molar-refractivity contribution >= 4 is 33.3 Å². The van der Waals surface area contributed by atoms with Crippen LogP contribution < -0.4 is 14.2 Å². The van der Waals surface area contributed by atoms with Crippen LogP contribution in [0.2, 0.25) is 5.02 Å². The minimum Gasteiger partial charge on any atom is -0.493 e. The van der Waals surface area contributed by atoms with Crippen molar-refractivity contribution in [2.24, 2.45) is 0 Å². The molecule has 0 aromatic heterocycles. The number of rotatable bonds is 6. The smallest absolute Gasteiger partial charge is 0.337 e. The predicted octanol–water partition coefficient (Wildman–Crippen LogP) is 2.94. The fourth-order valence-electron chi connectivity index (χ4n) is 2.06. The molecule has 0 bridgehead atoms. The van der Waals surface area contributed by atoms with Crippen LogP contribution in [0.3, 0.4) is 0 Å². The number of methoxy groups -OCH3 is 3. The summed E-state index contributed by atoms with van der Waals surface area (Å²) in [4.78, 5) is 11.4. The second-order valence-electron chi connectivity index (χ2n) is 4.81. The van der Waals surface area contributed by atoms with Crippen LogP contribution in [0.1, 0.15) is 10.4 Å². The first kappa shape index (κ1) is 18.9. The van der Waals surface area contributed by atoms with Crippen molar-refractivity contribution in [3.63, 3.8) is 0 Å². The van der Waals surface area contributed by atoms with Gasteiger partial charge in [-0.3, -0.25) is 4.72 Å². The molecule has 2 rings (SSSR count). The third kappa shape index (κ3) is 4.15. The number of hydrogen-bond acceptors (Lipinski definition) is 6. The van der Waals surface area contributed by atoms with E-state index in [9.17, 15) is 13.2 Å². The highest BCUT2D eigenvalue weighted by molar-refractivity contribution is 7.92. The van der Waals surface area contributed by atoms with E-state index in [-0.39, 0.29) is 21.2 Å². The summed E-state index contributed by atoms with van der Waals surface area (Å²) in [6.45, 7) is 0. The molecule has 25 heavy (non-hydrogen) atoms. The van der Waals surface area contributed by atoms with Crippen molar-refractivity contribution in [2.45, 2.75) is 4.90 Å². The molecule has 0 atom stereocenters. The van der Waals surface area contributed by atoms with Crippen LogP contribution in [0.25, 0.3) is 0 Å². The third-order valence-corrected chi connectivity index (χ3v) is 5.14. The number of benzene rings is 2. The molecule has 0 spiro atoms. The minimum absolute atomic E-state index is 0.0272. The monoisotopic (exact) mass is 385 g/mol. The number of esters is 1. The van der Waals surface area contributed by atoms with E-state index in [1.165, 1.54) is 45.6 Å². The SMILES string of the molecule is COC(=O)c1ccc(Cl)c(S(=O)(=O)Nc2ccc(OC)c(OC)c2)c1. The summed E-state index contributed by atoms with van der Waals surface area (Å²) in [6, 6.07) is 8.38. The largest absolute Gasteiger partial charge is 0.493 e. The Kier molecular flexibility index (Phi) is 5.76. The maximum Gasteiger partial charge on any atom is 0.337 e. The van der Waals surface area contributed by atoms with Gasteiger partial charge in [0.05, 0.1) is 37.6 Å². The first-order valence-corrected chi connectivity index (χ1v) is 8.81. The Labute approximate surface area is 150 Å². The molecule has 0 unspecified atom stereocenters. The first-order chi connectivity index (χ1) is 11.8. The lowest BCUT2D eigenvalue weighted by molar-refractivity contribution is 0.0600. The number of carbonyl (C=O) groups excluding carboxylic acids is 1. The van der Waals surface area contributed by atoms with Gasteiger partial charge in [-0.05, 0) is 30.3 Å². The molecule has 9 heteroatoms. The summed E-state index contributed by atoms with van der Waals surface area (Å²) in [5, 5.41) is -0.0272. The molecule has 0 saturated carbocycles. The van der Waals surface area contributed by atoms with Gasteiger partial charge >= 0.3 is 5.97 Å². The van der Waals surface area contributed by atoms with Gasteiger partial charge < -0.3 is 14.2 Å². The highest BCUT2D eigenvalue weighted by Gasteiger charge is 2.21. The predicted molar refractivity (Wildman–Crippen MR) is 93.1 cm³/mol. The van der Waals surface area contributed by atoms with Gasteiger partial charge in [0, 0.05) is 6.07 Å². The van der Waals surface area contributed by atoms with Gasteiger partial charge in [-0.15, -0.1) is 0 Å². The highest BCUT2D eigenvalue weighted by atomic mass is 35.5. The molecule has 0 heterocycles. The summed E-state index contributed by atoms with van der Waals surface area (Å²) >= 11 is 5.99. The van der Waals surface area contributed by atoms with Gasteiger partial charge in [0.25, 0.3) is 10.0 Å². The van der Waals surface area contributed by atoms with Crippen molar-refractivity contribution in [1.29, 1.82) is 0 Å². The lowest BCUT2D eigenvalue weighted by atomic mass is 10.2. The van der Waals surface area contributed by atoms with Crippen LogP contribution in [0.15, 0.2) is 41.3 Å². The molecule has 2 aromatic carbocycles. The molecule has 1 N–H and O–H groups in total. The van der Waals surface area contributed by atoms with Gasteiger partial charge in [0.2, 0.25) is 0 Å². The number of halogens is 1. The molecule has 0 aliphatic rings. The minimum atomic E-state index is -4.04. The Morgan fingerprint density at radius 1 is 1.00 bits per heavy atom. The van der Waals surface area contributed by atoms with E-state index < -0.39 is 16.0 Å². The fourth-order valence-corrected chi connectivity index (χ4v) is 3.64. The van der Waals surface area contributed by atoms with E-state index in [0.29, 0.717) is 11.5 Å². The molecule has 0 aliphatic heterocycles. The Hall–Kier alpha value is -2.45. The number of carbonyl (C=O) groups is 1.